The van der Waals surface area contributed by atoms with Crippen LogP contribution in [-0.4, -0.2) is 26.7 Å². The third-order valence-corrected chi connectivity index (χ3v) is 3.24. The number of methoxy groups -OCH3 is 1. The molecule has 0 heterocycles. The molecule has 0 saturated heterocycles. The second-order valence-electron chi connectivity index (χ2n) is 2.61. The lowest BCUT2D eigenvalue weighted by Crippen LogP contribution is -2.35. The molecule has 0 unspecified atom stereocenters. The predicted octanol–water partition coefficient (Wildman–Crippen LogP) is -0.527. The summed E-state index contributed by atoms with van der Waals surface area (Å²) in [5.41, 5.74) is 0. The first-order valence-electron chi connectivity index (χ1n) is 3.40. The molecular formula is C6H13NO4S. The Morgan fingerprint density at radius 1 is 1.42 bits per heavy atom. The van der Waals surface area contributed by atoms with E-state index in [1.54, 1.807) is 0 Å². The topological polar surface area (TPSA) is 86.5 Å². The Morgan fingerprint density at radius 3 is 2.08 bits per heavy atom. The largest absolute Gasteiger partial charge is 0.469 e. The van der Waals surface area contributed by atoms with Gasteiger partial charge in [0.05, 0.1) is 18.3 Å². The molecular weight excluding hydrogens is 182 g/mol. The molecule has 0 aromatic carbocycles. The molecule has 6 heteroatoms. The molecule has 0 aromatic rings. The smallest absolute Gasteiger partial charge is 0.309 e. The Bertz CT molecular complexity index is 259. The van der Waals surface area contributed by atoms with Gasteiger partial charge in [0, 0.05) is 0 Å². The van der Waals surface area contributed by atoms with Crippen LogP contribution in [0, 0.1) is 5.92 Å². The minimum absolute atomic E-state index is 0.573. The molecule has 0 amide bonds. The molecule has 0 rings (SSSR count). The molecule has 0 aromatic heterocycles. The molecule has 0 fully saturated rings. The number of carbonyl (C=O) groups excluding carboxylic acids is 1. The number of carbonyl (C=O) groups is 1. The van der Waals surface area contributed by atoms with Gasteiger partial charge in [0.15, 0.2) is 0 Å². The summed E-state index contributed by atoms with van der Waals surface area (Å²) in [5, 5.41) is 3.92. The van der Waals surface area contributed by atoms with Crippen molar-refractivity contribution in [2.24, 2.45) is 11.1 Å². The van der Waals surface area contributed by atoms with Crippen molar-refractivity contribution in [2.75, 3.05) is 7.11 Å². The maximum atomic E-state index is 10.9. The standard InChI is InChI=1S/C6H13NO4S/c1-4(6(8)11-3)5(2)12(7,9)10/h4-5H,1-3H3,(H2,7,9,10)/t4-,5+/m0/s1. The van der Waals surface area contributed by atoms with Gasteiger partial charge in [0.25, 0.3) is 0 Å². The van der Waals surface area contributed by atoms with Gasteiger partial charge in [0.1, 0.15) is 0 Å². The predicted molar refractivity (Wildman–Crippen MR) is 43.7 cm³/mol. The normalized spacial score (nSPS) is 16.7. The van der Waals surface area contributed by atoms with Crippen LogP contribution in [0.2, 0.25) is 0 Å². The summed E-state index contributed by atoms with van der Waals surface area (Å²) in [7, 11) is -2.45. The van der Waals surface area contributed by atoms with E-state index < -0.39 is 27.2 Å². The van der Waals surface area contributed by atoms with Gasteiger partial charge in [-0.05, 0) is 6.92 Å². The summed E-state index contributed by atoms with van der Waals surface area (Å²) in [6, 6.07) is 0. The second-order valence-corrected chi connectivity index (χ2v) is 4.53. The maximum Gasteiger partial charge on any atom is 0.309 e. The Hall–Kier alpha value is -0.620. The van der Waals surface area contributed by atoms with Crippen molar-refractivity contribution in [2.45, 2.75) is 19.1 Å². The van der Waals surface area contributed by atoms with Crippen LogP contribution in [0.3, 0.4) is 0 Å². The highest BCUT2D eigenvalue weighted by atomic mass is 32.2. The van der Waals surface area contributed by atoms with Gasteiger partial charge in [-0.15, -0.1) is 0 Å². The zero-order chi connectivity index (χ0) is 9.94. The lowest BCUT2D eigenvalue weighted by molar-refractivity contribution is -0.144. The fourth-order valence-corrected chi connectivity index (χ4v) is 1.34. The van der Waals surface area contributed by atoms with Crippen LogP contribution in [0.5, 0.6) is 0 Å². The molecule has 12 heavy (non-hydrogen) atoms. The number of hydrogen-bond acceptors (Lipinski definition) is 4. The Labute approximate surface area is 71.9 Å². The molecule has 0 bridgehead atoms. The number of sulfonamides is 1. The number of primary sulfonamides is 1. The van der Waals surface area contributed by atoms with E-state index in [1.807, 2.05) is 0 Å². The summed E-state index contributed by atoms with van der Waals surface area (Å²) in [6.07, 6.45) is 0. The van der Waals surface area contributed by atoms with Crippen molar-refractivity contribution in [3.8, 4) is 0 Å². The van der Waals surface area contributed by atoms with Crippen LogP contribution in [0.15, 0.2) is 0 Å². The average molecular weight is 195 g/mol. The van der Waals surface area contributed by atoms with Crippen molar-refractivity contribution < 1.29 is 17.9 Å². The number of esters is 1. The highest BCUT2D eigenvalue weighted by molar-refractivity contribution is 7.89. The van der Waals surface area contributed by atoms with Crippen molar-refractivity contribution in [3.05, 3.63) is 0 Å². The van der Waals surface area contributed by atoms with Gasteiger partial charge in [-0.2, -0.15) is 0 Å². The van der Waals surface area contributed by atoms with Gasteiger partial charge in [0.2, 0.25) is 10.0 Å². The van der Waals surface area contributed by atoms with Crippen molar-refractivity contribution in [1.82, 2.24) is 0 Å². The van der Waals surface area contributed by atoms with E-state index in [2.05, 4.69) is 4.74 Å². The number of rotatable bonds is 3. The van der Waals surface area contributed by atoms with Crippen LogP contribution < -0.4 is 5.14 Å². The van der Waals surface area contributed by atoms with Crippen LogP contribution in [0.25, 0.3) is 0 Å². The summed E-state index contributed by atoms with van der Waals surface area (Å²) in [6.45, 7) is 2.83. The van der Waals surface area contributed by atoms with Gasteiger partial charge >= 0.3 is 5.97 Å². The van der Waals surface area contributed by atoms with Gasteiger partial charge in [-0.1, -0.05) is 6.92 Å². The first kappa shape index (κ1) is 11.4. The summed E-state index contributed by atoms with van der Waals surface area (Å²) in [5.74, 6) is -1.30. The zero-order valence-electron chi connectivity index (χ0n) is 7.27. The summed E-state index contributed by atoms with van der Waals surface area (Å²) in [4.78, 5) is 10.9. The molecule has 72 valence electrons. The molecule has 0 aliphatic carbocycles. The van der Waals surface area contributed by atoms with Crippen LogP contribution in [-0.2, 0) is 19.6 Å². The van der Waals surface area contributed by atoms with E-state index in [1.165, 1.54) is 21.0 Å². The Morgan fingerprint density at radius 2 is 1.83 bits per heavy atom. The number of ether oxygens (including phenoxy) is 1. The fraction of sp³-hybridized carbons (Fsp3) is 0.833. The minimum atomic E-state index is -3.66. The third-order valence-electron chi connectivity index (χ3n) is 1.80. The van der Waals surface area contributed by atoms with E-state index in [-0.39, 0.29) is 0 Å². The highest BCUT2D eigenvalue weighted by Gasteiger charge is 2.28. The summed E-state index contributed by atoms with van der Waals surface area (Å²) >= 11 is 0. The second kappa shape index (κ2) is 3.86. The van der Waals surface area contributed by atoms with Crippen molar-refractivity contribution in [3.63, 3.8) is 0 Å². The van der Waals surface area contributed by atoms with E-state index in [9.17, 15) is 13.2 Å². The maximum absolute atomic E-state index is 10.9. The van der Waals surface area contributed by atoms with Gasteiger partial charge in [-0.25, -0.2) is 13.6 Å². The van der Waals surface area contributed by atoms with Crippen LogP contribution >= 0.6 is 0 Å². The molecule has 0 saturated carbocycles. The highest BCUT2D eigenvalue weighted by Crippen LogP contribution is 2.10. The molecule has 0 radical (unpaired) electrons. The molecule has 0 aliphatic heterocycles. The van der Waals surface area contributed by atoms with Crippen LogP contribution in [0.1, 0.15) is 13.8 Å². The average Bonchev–Trinajstić information content (AvgIpc) is 1.98. The molecule has 5 nitrogen and oxygen atoms in total. The monoisotopic (exact) mass is 195 g/mol. The first-order valence-corrected chi connectivity index (χ1v) is 5.01. The lowest BCUT2D eigenvalue weighted by Gasteiger charge is -2.14. The zero-order valence-corrected chi connectivity index (χ0v) is 8.09. The van der Waals surface area contributed by atoms with Crippen molar-refractivity contribution >= 4 is 16.0 Å². The van der Waals surface area contributed by atoms with Crippen molar-refractivity contribution in [1.29, 1.82) is 0 Å². The first-order chi connectivity index (χ1) is 5.30. The molecule has 2 atom stereocenters. The molecule has 0 aliphatic rings. The van der Waals surface area contributed by atoms with E-state index in [4.69, 9.17) is 5.14 Å². The summed E-state index contributed by atoms with van der Waals surface area (Å²) < 4.78 is 25.9. The Kier molecular flexibility index (Phi) is 3.66. The van der Waals surface area contributed by atoms with Crippen LogP contribution in [0.4, 0.5) is 0 Å². The van der Waals surface area contributed by atoms with E-state index in [0.717, 1.165) is 0 Å². The molecule has 2 N–H and O–H groups in total. The fourth-order valence-electron chi connectivity index (χ4n) is 0.662. The number of hydrogen-bond donors (Lipinski definition) is 1. The van der Waals surface area contributed by atoms with E-state index in [0.29, 0.717) is 0 Å². The quantitative estimate of drug-likeness (QED) is 0.613. The van der Waals surface area contributed by atoms with Gasteiger partial charge in [-0.3, -0.25) is 4.79 Å². The lowest BCUT2D eigenvalue weighted by atomic mass is 10.1. The van der Waals surface area contributed by atoms with Gasteiger partial charge < -0.3 is 4.74 Å². The number of nitrogens with two attached hydrogens (primary N) is 1. The van der Waals surface area contributed by atoms with E-state index >= 15 is 0 Å². The third kappa shape index (κ3) is 2.78. The Balaban J connectivity index is 4.51. The minimum Gasteiger partial charge on any atom is -0.469 e. The SMILES string of the molecule is COC(=O)[C@@H](C)[C@@H](C)S(N)(=O)=O. The molecule has 0 spiro atoms.